The zero-order valence-corrected chi connectivity index (χ0v) is 12.7. The molecule has 4 nitrogen and oxygen atoms in total. The van der Waals surface area contributed by atoms with Crippen molar-refractivity contribution in [3.8, 4) is 0 Å². The minimum Gasteiger partial charge on any atom is -0.399 e. The van der Waals surface area contributed by atoms with Crippen LogP contribution in [0, 0.1) is 0 Å². The van der Waals surface area contributed by atoms with Crippen LogP contribution in [0.2, 0.25) is 5.02 Å². The standard InChI is InChI=1S/C13H19BClNO3/c1-6-16-8-9(7-10(15)11(16)17)14-18-12(2,3)13(4,5)19-14/h7-8H,6H2,1-5H3. The summed E-state index contributed by atoms with van der Waals surface area (Å²) in [4.78, 5) is 11.8. The van der Waals surface area contributed by atoms with Crippen LogP contribution in [0.15, 0.2) is 17.1 Å². The van der Waals surface area contributed by atoms with Crippen molar-refractivity contribution in [2.75, 3.05) is 0 Å². The Kier molecular flexibility index (Phi) is 3.58. The largest absolute Gasteiger partial charge is 0.496 e. The van der Waals surface area contributed by atoms with Crippen LogP contribution >= 0.6 is 11.6 Å². The molecule has 1 aromatic heterocycles. The first-order chi connectivity index (χ1) is 8.68. The second kappa shape index (κ2) is 4.65. The summed E-state index contributed by atoms with van der Waals surface area (Å²) in [5.41, 5.74) is -0.233. The fourth-order valence-electron chi connectivity index (χ4n) is 1.96. The summed E-state index contributed by atoms with van der Waals surface area (Å²) < 4.78 is 13.5. The van der Waals surface area contributed by atoms with Gasteiger partial charge in [-0.1, -0.05) is 11.6 Å². The molecule has 2 heterocycles. The van der Waals surface area contributed by atoms with Gasteiger partial charge in [-0.05, 0) is 40.7 Å². The van der Waals surface area contributed by atoms with Gasteiger partial charge < -0.3 is 13.9 Å². The number of pyridine rings is 1. The molecule has 0 spiro atoms. The van der Waals surface area contributed by atoms with E-state index >= 15 is 0 Å². The topological polar surface area (TPSA) is 40.5 Å². The highest BCUT2D eigenvalue weighted by Crippen LogP contribution is 2.36. The molecule has 0 bridgehead atoms. The van der Waals surface area contributed by atoms with Crippen LogP contribution in [0.4, 0.5) is 0 Å². The van der Waals surface area contributed by atoms with E-state index in [9.17, 15) is 4.79 Å². The van der Waals surface area contributed by atoms with Crippen LogP contribution in [0.5, 0.6) is 0 Å². The molecule has 104 valence electrons. The van der Waals surface area contributed by atoms with E-state index in [4.69, 9.17) is 20.9 Å². The molecule has 19 heavy (non-hydrogen) atoms. The Morgan fingerprint density at radius 1 is 1.26 bits per heavy atom. The number of nitrogens with zero attached hydrogens (tertiary/aromatic N) is 1. The summed E-state index contributed by atoms with van der Waals surface area (Å²) >= 11 is 5.97. The van der Waals surface area contributed by atoms with Crippen LogP contribution < -0.4 is 11.0 Å². The van der Waals surface area contributed by atoms with Gasteiger partial charge in [-0.2, -0.15) is 0 Å². The lowest BCUT2D eigenvalue weighted by atomic mass is 9.80. The number of rotatable bonds is 2. The maximum atomic E-state index is 11.8. The molecule has 0 radical (unpaired) electrons. The predicted octanol–water partition coefficient (Wildman–Crippen LogP) is 1.82. The minimum atomic E-state index is -0.499. The SMILES string of the molecule is CCn1cc(B2OC(C)(C)C(C)(C)O2)cc(Cl)c1=O. The number of hydrogen-bond acceptors (Lipinski definition) is 3. The second-order valence-corrected chi connectivity index (χ2v) is 6.21. The lowest BCUT2D eigenvalue weighted by Crippen LogP contribution is -2.41. The Morgan fingerprint density at radius 3 is 2.26 bits per heavy atom. The second-order valence-electron chi connectivity index (χ2n) is 5.80. The van der Waals surface area contributed by atoms with Crippen LogP contribution in [0.3, 0.4) is 0 Å². The minimum absolute atomic E-state index is 0.189. The third-order valence-electron chi connectivity index (χ3n) is 3.93. The molecule has 1 saturated heterocycles. The van der Waals surface area contributed by atoms with Crippen LogP contribution in [0.25, 0.3) is 0 Å². The van der Waals surface area contributed by atoms with E-state index < -0.39 is 18.3 Å². The summed E-state index contributed by atoms with van der Waals surface area (Å²) in [5.74, 6) is 0. The number of hydrogen-bond donors (Lipinski definition) is 0. The van der Waals surface area contributed by atoms with Crippen molar-refractivity contribution >= 4 is 24.2 Å². The predicted molar refractivity (Wildman–Crippen MR) is 77.1 cm³/mol. The zero-order valence-electron chi connectivity index (χ0n) is 12.0. The first kappa shape index (κ1) is 14.6. The average Bonchev–Trinajstić information content (AvgIpc) is 2.52. The van der Waals surface area contributed by atoms with Crippen LogP contribution in [-0.4, -0.2) is 22.9 Å². The first-order valence-electron chi connectivity index (χ1n) is 6.43. The van der Waals surface area contributed by atoms with Gasteiger partial charge in [-0.3, -0.25) is 4.79 Å². The molecule has 0 aromatic carbocycles. The van der Waals surface area contributed by atoms with Gasteiger partial charge in [0.05, 0.1) is 11.2 Å². The van der Waals surface area contributed by atoms with Crippen molar-refractivity contribution in [1.82, 2.24) is 4.57 Å². The van der Waals surface area contributed by atoms with Gasteiger partial charge in [0.15, 0.2) is 0 Å². The lowest BCUT2D eigenvalue weighted by Gasteiger charge is -2.32. The van der Waals surface area contributed by atoms with Gasteiger partial charge in [0.25, 0.3) is 5.56 Å². The Morgan fingerprint density at radius 2 is 1.79 bits per heavy atom. The van der Waals surface area contributed by atoms with Crippen LogP contribution in [0.1, 0.15) is 34.6 Å². The molecule has 1 fully saturated rings. The van der Waals surface area contributed by atoms with Crippen molar-refractivity contribution in [1.29, 1.82) is 0 Å². The highest BCUT2D eigenvalue weighted by molar-refractivity contribution is 6.62. The van der Waals surface area contributed by atoms with E-state index in [1.54, 1.807) is 16.8 Å². The molecule has 6 heteroatoms. The van der Waals surface area contributed by atoms with Gasteiger partial charge in [-0.15, -0.1) is 0 Å². The molecular formula is C13H19BClNO3. The fourth-order valence-corrected chi connectivity index (χ4v) is 2.20. The Balaban J connectivity index is 2.40. The van der Waals surface area contributed by atoms with E-state index in [1.165, 1.54) is 0 Å². The number of aryl methyl sites for hydroxylation is 1. The molecule has 1 aromatic rings. The average molecular weight is 284 g/mol. The molecule has 0 amide bonds. The van der Waals surface area contributed by atoms with E-state index in [1.807, 2.05) is 34.6 Å². The maximum absolute atomic E-state index is 11.8. The van der Waals surface area contributed by atoms with Gasteiger partial charge in [0.1, 0.15) is 5.02 Å². The molecule has 2 rings (SSSR count). The highest BCUT2D eigenvalue weighted by atomic mass is 35.5. The fraction of sp³-hybridized carbons (Fsp3) is 0.615. The summed E-state index contributed by atoms with van der Waals surface area (Å²) in [5, 5.41) is 0.189. The van der Waals surface area contributed by atoms with Crippen molar-refractivity contribution in [2.45, 2.75) is 52.4 Å². The smallest absolute Gasteiger partial charge is 0.399 e. The van der Waals surface area contributed by atoms with Crippen molar-refractivity contribution < 1.29 is 9.31 Å². The number of halogens is 1. The number of aromatic nitrogens is 1. The molecule has 1 aliphatic rings. The third-order valence-corrected chi connectivity index (χ3v) is 4.20. The third kappa shape index (κ3) is 2.47. The van der Waals surface area contributed by atoms with Crippen molar-refractivity contribution in [3.63, 3.8) is 0 Å². The molecule has 0 aliphatic carbocycles. The van der Waals surface area contributed by atoms with Gasteiger partial charge >= 0.3 is 7.12 Å². The highest BCUT2D eigenvalue weighted by Gasteiger charge is 2.51. The van der Waals surface area contributed by atoms with E-state index in [0.717, 1.165) is 5.46 Å². The molecule has 0 saturated carbocycles. The maximum Gasteiger partial charge on any atom is 0.496 e. The van der Waals surface area contributed by atoms with E-state index in [0.29, 0.717) is 6.54 Å². The first-order valence-corrected chi connectivity index (χ1v) is 6.81. The van der Waals surface area contributed by atoms with Gasteiger partial charge in [-0.25, -0.2) is 0 Å². The lowest BCUT2D eigenvalue weighted by molar-refractivity contribution is 0.00578. The summed E-state index contributed by atoms with van der Waals surface area (Å²) in [6, 6.07) is 1.62. The van der Waals surface area contributed by atoms with Gasteiger partial charge in [0.2, 0.25) is 0 Å². The Labute approximate surface area is 118 Å². The van der Waals surface area contributed by atoms with Crippen molar-refractivity contribution in [2.24, 2.45) is 0 Å². The van der Waals surface area contributed by atoms with E-state index in [-0.39, 0.29) is 10.6 Å². The quantitative estimate of drug-likeness (QED) is 0.778. The molecule has 0 atom stereocenters. The Bertz CT molecular complexity index is 537. The molecule has 0 N–H and O–H groups in total. The summed E-state index contributed by atoms with van der Waals surface area (Å²) in [7, 11) is -0.499. The zero-order chi connectivity index (χ0) is 14.4. The van der Waals surface area contributed by atoms with Gasteiger partial charge in [0, 0.05) is 18.2 Å². The molecule has 0 unspecified atom stereocenters. The normalized spacial score (nSPS) is 20.8. The molecule has 1 aliphatic heterocycles. The summed E-state index contributed by atoms with van der Waals surface area (Å²) in [6.45, 7) is 10.4. The van der Waals surface area contributed by atoms with Crippen LogP contribution in [-0.2, 0) is 15.9 Å². The Hall–Kier alpha value is -0.775. The molecular weight excluding hydrogens is 264 g/mol. The van der Waals surface area contributed by atoms with E-state index in [2.05, 4.69) is 0 Å². The summed E-state index contributed by atoms with van der Waals surface area (Å²) in [6.07, 6.45) is 1.75. The van der Waals surface area contributed by atoms with Crippen molar-refractivity contribution in [3.05, 3.63) is 27.6 Å². The monoisotopic (exact) mass is 283 g/mol.